The van der Waals surface area contributed by atoms with Crippen LogP contribution in [0.4, 0.5) is 5.82 Å². The Labute approximate surface area is 83.3 Å². The lowest BCUT2D eigenvalue weighted by Gasteiger charge is -2.18. The van der Waals surface area contributed by atoms with Crippen LogP contribution < -0.4 is 11.5 Å². The van der Waals surface area contributed by atoms with Crippen LogP contribution in [0.3, 0.4) is 0 Å². The number of ether oxygens (including phenoxy) is 1. The van der Waals surface area contributed by atoms with Crippen molar-refractivity contribution in [3.05, 3.63) is 23.9 Å². The van der Waals surface area contributed by atoms with Crippen molar-refractivity contribution in [1.82, 2.24) is 4.98 Å². The summed E-state index contributed by atoms with van der Waals surface area (Å²) in [5, 5.41) is 0. The zero-order valence-electron chi connectivity index (χ0n) is 8.02. The molecule has 4 nitrogen and oxygen atoms in total. The highest BCUT2D eigenvalue weighted by Crippen LogP contribution is 2.28. The van der Waals surface area contributed by atoms with Gasteiger partial charge in [-0.3, -0.25) is 0 Å². The van der Waals surface area contributed by atoms with E-state index in [4.69, 9.17) is 16.2 Å². The van der Waals surface area contributed by atoms with Crippen molar-refractivity contribution in [3.63, 3.8) is 0 Å². The first-order valence-electron chi connectivity index (χ1n) is 4.83. The molecule has 1 fully saturated rings. The monoisotopic (exact) mass is 193 g/mol. The summed E-state index contributed by atoms with van der Waals surface area (Å²) in [6.45, 7) is 1.54. The normalized spacial score (nSPS) is 23.6. The van der Waals surface area contributed by atoms with E-state index in [0.717, 1.165) is 25.2 Å². The standard InChI is InChI=1S/C10H15N3O/c11-9(7-3-5-14-6-7)8-2-1-4-13-10(8)12/h1-2,4,7,9H,3,5-6,11H2,(H2,12,13). The molecule has 1 aliphatic heterocycles. The molecule has 1 saturated heterocycles. The van der Waals surface area contributed by atoms with E-state index >= 15 is 0 Å². The molecule has 76 valence electrons. The van der Waals surface area contributed by atoms with Crippen molar-refractivity contribution in [2.75, 3.05) is 18.9 Å². The summed E-state index contributed by atoms with van der Waals surface area (Å²) in [4.78, 5) is 4.03. The molecule has 0 aromatic carbocycles. The molecule has 2 heterocycles. The number of hydrogen-bond acceptors (Lipinski definition) is 4. The van der Waals surface area contributed by atoms with Gasteiger partial charge in [-0.15, -0.1) is 0 Å². The minimum atomic E-state index is -0.0498. The van der Waals surface area contributed by atoms with E-state index in [9.17, 15) is 0 Å². The summed E-state index contributed by atoms with van der Waals surface area (Å²) >= 11 is 0. The molecule has 2 rings (SSSR count). The van der Waals surface area contributed by atoms with Crippen molar-refractivity contribution in [2.45, 2.75) is 12.5 Å². The van der Waals surface area contributed by atoms with Crippen LogP contribution in [0.5, 0.6) is 0 Å². The molecule has 1 aromatic heterocycles. The Hall–Kier alpha value is -1.13. The van der Waals surface area contributed by atoms with Crippen LogP contribution >= 0.6 is 0 Å². The van der Waals surface area contributed by atoms with Crippen LogP contribution in [0.2, 0.25) is 0 Å². The van der Waals surface area contributed by atoms with Gasteiger partial charge in [0.2, 0.25) is 0 Å². The minimum absolute atomic E-state index is 0.0498. The predicted octanol–water partition coefficient (Wildman–Crippen LogP) is 0.700. The number of pyridine rings is 1. The van der Waals surface area contributed by atoms with Crippen molar-refractivity contribution in [2.24, 2.45) is 11.7 Å². The fourth-order valence-corrected chi connectivity index (χ4v) is 1.80. The average Bonchev–Trinajstić information content (AvgIpc) is 2.70. The summed E-state index contributed by atoms with van der Waals surface area (Å²) in [6, 6.07) is 3.75. The molecule has 2 atom stereocenters. The number of nitrogen functional groups attached to an aromatic ring is 1. The number of anilines is 1. The number of hydrogen-bond donors (Lipinski definition) is 2. The number of aromatic nitrogens is 1. The molecule has 0 radical (unpaired) electrons. The Kier molecular flexibility index (Phi) is 2.65. The van der Waals surface area contributed by atoms with Crippen molar-refractivity contribution in [1.29, 1.82) is 0 Å². The molecule has 0 spiro atoms. The van der Waals surface area contributed by atoms with Crippen LogP contribution in [-0.2, 0) is 4.74 Å². The molecule has 0 bridgehead atoms. The molecule has 1 aliphatic rings. The van der Waals surface area contributed by atoms with E-state index in [1.54, 1.807) is 6.20 Å². The molecule has 4 heteroatoms. The fourth-order valence-electron chi connectivity index (χ4n) is 1.80. The van der Waals surface area contributed by atoms with Crippen molar-refractivity contribution in [3.8, 4) is 0 Å². The Morgan fingerprint density at radius 2 is 2.43 bits per heavy atom. The van der Waals surface area contributed by atoms with E-state index in [2.05, 4.69) is 4.98 Å². The van der Waals surface area contributed by atoms with Crippen molar-refractivity contribution >= 4 is 5.82 Å². The van der Waals surface area contributed by atoms with Crippen molar-refractivity contribution < 1.29 is 4.74 Å². The zero-order valence-corrected chi connectivity index (χ0v) is 8.02. The van der Waals surface area contributed by atoms with E-state index in [1.807, 2.05) is 12.1 Å². The van der Waals surface area contributed by atoms with Gasteiger partial charge >= 0.3 is 0 Å². The summed E-state index contributed by atoms with van der Waals surface area (Å²) < 4.78 is 5.30. The minimum Gasteiger partial charge on any atom is -0.383 e. The Bertz CT molecular complexity index is 310. The van der Waals surface area contributed by atoms with Crippen LogP contribution in [0.25, 0.3) is 0 Å². The van der Waals surface area contributed by atoms with Gasteiger partial charge in [-0.05, 0) is 12.5 Å². The molecule has 14 heavy (non-hydrogen) atoms. The van der Waals surface area contributed by atoms with Gasteiger partial charge in [0.1, 0.15) is 5.82 Å². The second-order valence-electron chi connectivity index (χ2n) is 3.63. The van der Waals surface area contributed by atoms with Gasteiger partial charge in [0.15, 0.2) is 0 Å². The second kappa shape index (κ2) is 3.94. The molecule has 2 unspecified atom stereocenters. The number of nitrogens with two attached hydrogens (primary N) is 2. The van der Waals surface area contributed by atoms with Crippen LogP contribution in [0, 0.1) is 5.92 Å². The average molecular weight is 193 g/mol. The second-order valence-corrected chi connectivity index (χ2v) is 3.63. The highest BCUT2D eigenvalue weighted by Gasteiger charge is 2.25. The lowest BCUT2D eigenvalue weighted by atomic mass is 9.94. The maximum absolute atomic E-state index is 6.10. The molecular weight excluding hydrogens is 178 g/mol. The van der Waals surface area contributed by atoms with Gasteiger partial charge in [0, 0.05) is 30.3 Å². The van der Waals surface area contributed by atoms with Crippen LogP contribution in [-0.4, -0.2) is 18.2 Å². The smallest absolute Gasteiger partial charge is 0.128 e. The lowest BCUT2D eigenvalue weighted by Crippen LogP contribution is -2.23. The maximum atomic E-state index is 6.10. The number of rotatable bonds is 2. The maximum Gasteiger partial charge on any atom is 0.128 e. The molecule has 4 N–H and O–H groups in total. The third-order valence-corrected chi connectivity index (χ3v) is 2.70. The molecular formula is C10H15N3O. The first-order chi connectivity index (χ1) is 6.79. The SMILES string of the molecule is Nc1ncccc1C(N)C1CCOC1. The van der Waals surface area contributed by atoms with Gasteiger partial charge in [-0.1, -0.05) is 6.07 Å². The summed E-state index contributed by atoms with van der Waals surface area (Å²) in [7, 11) is 0. The van der Waals surface area contributed by atoms with Gasteiger partial charge in [0.25, 0.3) is 0 Å². The third kappa shape index (κ3) is 1.71. The first-order valence-corrected chi connectivity index (χ1v) is 4.83. The Morgan fingerprint density at radius 1 is 1.57 bits per heavy atom. The largest absolute Gasteiger partial charge is 0.383 e. The molecule has 0 aliphatic carbocycles. The van der Waals surface area contributed by atoms with Crippen LogP contribution in [0.15, 0.2) is 18.3 Å². The third-order valence-electron chi connectivity index (χ3n) is 2.70. The lowest BCUT2D eigenvalue weighted by molar-refractivity contribution is 0.181. The zero-order chi connectivity index (χ0) is 9.97. The first kappa shape index (κ1) is 9.43. The van der Waals surface area contributed by atoms with Gasteiger partial charge in [-0.2, -0.15) is 0 Å². The van der Waals surface area contributed by atoms with Gasteiger partial charge in [-0.25, -0.2) is 4.98 Å². The quantitative estimate of drug-likeness (QED) is 0.725. The Morgan fingerprint density at radius 3 is 3.07 bits per heavy atom. The predicted molar refractivity (Wildman–Crippen MR) is 54.5 cm³/mol. The van der Waals surface area contributed by atoms with E-state index in [1.165, 1.54) is 0 Å². The summed E-state index contributed by atoms with van der Waals surface area (Å²) in [5.74, 6) is 0.911. The topological polar surface area (TPSA) is 74.2 Å². The summed E-state index contributed by atoms with van der Waals surface area (Å²) in [5.41, 5.74) is 12.8. The highest BCUT2D eigenvalue weighted by molar-refractivity contribution is 5.41. The van der Waals surface area contributed by atoms with E-state index in [0.29, 0.717) is 11.7 Å². The fraction of sp³-hybridized carbons (Fsp3) is 0.500. The van der Waals surface area contributed by atoms with Gasteiger partial charge < -0.3 is 16.2 Å². The van der Waals surface area contributed by atoms with E-state index < -0.39 is 0 Å². The number of nitrogens with zero attached hydrogens (tertiary/aromatic N) is 1. The highest BCUT2D eigenvalue weighted by atomic mass is 16.5. The summed E-state index contributed by atoms with van der Waals surface area (Å²) in [6.07, 6.45) is 2.69. The van der Waals surface area contributed by atoms with Crippen LogP contribution in [0.1, 0.15) is 18.0 Å². The van der Waals surface area contributed by atoms with E-state index in [-0.39, 0.29) is 6.04 Å². The molecule has 0 amide bonds. The van der Waals surface area contributed by atoms with Gasteiger partial charge in [0.05, 0.1) is 6.61 Å². The molecule has 1 aromatic rings. The Balaban J connectivity index is 2.17. The molecule has 0 saturated carbocycles.